The Kier molecular flexibility index (Phi) is 3.17. The molecule has 1 aliphatic rings. The van der Waals surface area contributed by atoms with Gasteiger partial charge in [0.2, 0.25) is 0 Å². The van der Waals surface area contributed by atoms with Gasteiger partial charge < -0.3 is 5.32 Å². The van der Waals surface area contributed by atoms with Crippen LogP contribution in [0.1, 0.15) is 24.8 Å². The second kappa shape index (κ2) is 4.23. The molecule has 0 aliphatic heterocycles. The number of nitrogens with one attached hydrogen (secondary N) is 1. The van der Waals surface area contributed by atoms with Gasteiger partial charge in [0.25, 0.3) is 0 Å². The second-order valence-corrected chi connectivity index (χ2v) is 5.58. The summed E-state index contributed by atoms with van der Waals surface area (Å²) in [6, 6.07) is 4.96. The molecule has 0 unspecified atom stereocenters. The number of hydrogen-bond acceptors (Lipinski definition) is 1. The highest BCUT2D eigenvalue weighted by Gasteiger charge is 2.19. The summed E-state index contributed by atoms with van der Waals surface area (Å²) in [5.41, 5.74) is 2.46. The van der Waals surface area contributed by atoms with Crippen molar-refractivity contribution in [3.05, 3.63) is 26.6 Å². The van der Waals surface area contributed by atoms with Gasteiger partial charge in [-0.3, -0.25) is 0 Å². The third kappa shape index (κ3) is 2.14. The van der Waals surface area contributed by atoms with E-state index in [-0.39, 0.29) is 0 Å². The largest absolute Gasteiger partial charge is 0.380 e. The van der Waals surface area contributed by atoms with Crippen molar-refractivity contribution in [3.8, 4) is 0 Å². The Hall–Kier alpha value is -0.0200. The lowest BCUT2D eigenvalue weighted by Crippen LogP contribution is -2.27. The maximum absolute atomic E-state index is 3.59. The molecule has 1 aromatic carbocycles. The molecule has 1 aliphatic carbocycles. The molecule has 2 rings (SSSR count). The number of anilines is 1. The summed E-state index contributed by atoms with van der Waals surface area (Å²) in [6.07, 6.45) is 3.96. The molecule has 1 saturated carbocycles. The van der Waals surface area contributed by atoms with E-state index in [9.17, 15) is 0 Å². The number of hydrogen-bond donors (Lipinski definition) is 1. The first-order valence-corrected chi connectivity index (χ1v) is 6.47. The molecule has 0 aromatic heterocycles. The molecule has 1 aromatic rings. The van der Waals surface area contributed by atoms with Crippen LogP contribution in [0.5, 0.6) is 0 Å². The lowest BCUT2D eigenvalue weighted by atomic mass is 9.93. The minimum Gasteiger partial charge on any atom is -0.380 e. The first-order valence-electron chi connectivity index (χ1n) is 4.89. The zero-order chi connectivity index (χ0) is 10.1. The number of rotatable bonds is 2. The van der Waals surface area contributed by atoms with Gasteiger partial charge in [-0.2, -0.15) is 0 Å². The SMILES string of the molecule is Cc1cc(Br)c(NC2CCC2)c(Br)c1. The van der Waals surface area contributed by atoms with Crippen LogP contribution in [0.25, 0.3) is 0 Å². The molecule has 0 bridgehead atoms. The smallest absolute Gasteiger partial charge is 0.0631 e. The average Bonchev–Trinajstić information content (AvgIpc) is 1.98. The van der Waals surface area contributed by atoms with E-state index in [4.69, 9.17) is 0 Å². The van der Waals surface area contributed by atoms with E-state index >= 15 is 0 Å². The van der Waals surface area contributed by atoms with Crippen molar-refractivity contribution in [1.29, 1.82) is 0 Å². The molecule has 0 atom stereocenters. The normalized spacial score (nSPS) is 16.5. The van der Waals surface area contributed by atoms with Crippen LogP contribution in [-0.2, 0) is 0 Å². The molecule has 0 radical (unpaired) electrons. The summed E-state index contributed by atoms with van der Waals surface area (Å²) in [6.45, 7) is 2.10. The van der Waals surface area contributed by atoms with Gasteiger partial charge >= 0.3 is 0 Å². The van der Waals surface area contributed by atoms with Crippen LogP contribution in [0.2, 0.25) is 0 Å². The zero-order valence-electron chi connectivity index (χ0n) is 8.11. The van der Waals surface area contributed by atoms with Gasteiger partial charge in [-0.25, -0.2) is 0 Å². The molecule has 0 heterocycles. The van der Waals surface area contributed by atoms with Gasteiger partial charge in [-0.1, -0.05) is 0 Å². The fourth-order valence-corrected chi connectivity index (χ4v) is 3.24. The van der Waals surface area contributed by atoms with Crippen molar-refractivity contribution in [3.63, 3.8) is 0 Å². The van der Waals surface area contributed by atoms with Crippen LogP contribution in [0.4, 0.5) is 5.69 Å². The Morgan fingerprint density at radius 3 is 2.21 bits per heavy atom. The predicted molar refractivity (Wildman–Crippen MR) is 67.8 cm³/mol. The van der Waals surface area contributed by atoms with Crippen molar-refractivity contribution < 1.29 is 0 Å². The van der Waals surface area contributed by atoms with Crippen molar-refractivity contribution in [2.75, 3.05) is 5.32 Å². The van der Waals surface area contributed by atoms with Gasteiger partial charge in [0.1, 0.15) is 0 Å². The molecular weight excluding hydrogens is 306 g/mol. The highest BCUT2D eigenvalue weighted by atomic mass is 79.9. The van der Waals surface area contributed by atoms with Gasteiger partial charge in [0.05, 0.1) is 5.69 Å². The van der Waals surface area contributed by atoms with Gasteiger partial charge in [0, 0.05) is 15.0 Å². The van der Waals surface area contributed by atoms with Crippen LogP contribution in [0, 0.1) is 6.92 Å². The third-order valence-electron chi connectivity index (χ3n) is 2.64. The highest BCUT2D eigenvalue weighted by Crippen LogP contribution is 2.35. The summed E-state index contributed by atoms with van der Waals surface area (Å²) in [5.74, 6) is 0. The van der Waals surface area contributed by atoms with Crippen LogP contribution in [0.15, 0.2) is 21.1 Å². The van der Waals surface area contributed by atoms with Gasteiger partial charge in [0.15, 0.2) is 0 Å². The number of benzene rings is 1. The molecule has 1 nitrogen and oxygen atoms in total. The van der Waals surface area contributed by atoms with Crippen molar-refractivity contribution in [2.24, 2.45) is 0 Å². The van der Waals surface area contributed by atoms with E-state index in [2.05, 4.69) is 56.2 Å². The van der Waals surface area contributed by atoms with E-state index < -0.39 is 0 Å². The highest BCUT2D eigenvalue weighted by molar-refractivity contribution is 9.11. The molecule has 1 N–H and O–H groups in total. The minimum atomic E-state index is 0.672. The van der Waals surface area contributed by atoms with Crippen molar-refractivity contribution in [1.82, 2.24) is 0 Å². The Balaban J connectivity index is 2.22. The summed E-state index contributed by atoms with van der Waals surface area (Å²) in [5, 5.41) is 3.55. The maximum Gasteiger partial charge on any atom is 0.0631 e. The van der Waals surface area contributed by atoms with Crippen LogP contribution in [-0.4, -0.2) is 6.04 Å². The summed E-state index contributed by atoms with van der Waals surface area (Å²) < 4.78 is 2.30. The fourth-order valence-electron chi connectivity index (χ4n) is 1.59. The molecule has 3 heteroatoms. The van der Waals surface area contributed by atoms with E-state index in [1.165, 1.54) is 30.5 Å². The number of aryl methyl sites for hydroxylation is 1. The Morgan fingerprint density at radius 2 is 1.79 bits per heavy atom. The summed E-state index contributed by atoms with van der Waals surface area (Å²) in [4.78, 5) is 0. The molecule has 0 spiro atoms. The Labute approximate surface area is 102 Å². The molecular formula is C11H13Br2N. The van der Waals surface area contributed by atoms with Crippen molar-refractivity contribution >= 4 is 37.5 Å². The monoisotopic (exact) mass is 317 g/mol. The fraction of sp³-hybridized carbons (Fsp3) is 0.455. The minimum absolute atomic E-state index is 0.672. The standard InChI is InChI=1S/C11H13Br2N/c1-7-5-9(12)11(10(13)6-7)14-8-3-2-4-8/h5-6,8,14H,2-4H2,1H3. The molecule has 1 fully saturated rings. The molecule has 76 valence electrons. The third-order valence-corrected chi connectivity index (χ3v) is 3.89. The van der Waals surface area contributed by atoms with E-state index in [1.54, 1.807) is 0 Å². The lowest BCUT2D eigenvalue weighted by Gasteiger charge is -2.28. The molecule has 0 saturated heterocycles. The Morgan fingerprint density at radius 1 is 1.21 bits per heavy atom. The molecule has 14 heavy (non-hydrogen) atoms. The Bertz CT molecular complexity index is 322. The van der Waals surface area contributed by atoms with E-state index in [0.717, 1.165) is 8.95 Å². The predicted octanol–water partition coefficient (Wildman–Crippen LogP) is 4.48. The lowest BCUT2D eigenvalue weighted by molar-refractivity contribution is 0.445. The van der Waals surface area contributed by atoms with Crippen LogP contribution < -0.4 is 5.32 Å². The summed E-state index contributed by atoms with van der Waals surface area (Å²) in [7, 11) is 0. The van der Waals surface area contributed by atoms with E-state index in [0.29, 0.717) is 6.04 Å². The maximum atomic E-state index is 3.59. The molecule has 0 amide bonds. The van der Waals surface area contributed by atoms with Crippen LogP contribution >= 0.6 is 31.9 Å². The van der Waals surface area contributed by atoms with Gasteiger partial charge in [-0.15, -0.1) is 0 Å². The van der Waals surface area contributed by atoms with Crippen LogP contribution in [0.3, 0.4) is 0 Å². The zero-order valence-corrected chi connectivity index (χ0v) is 11.3. The first kappa shape index (κ1) is 10.5. The van der Waals surface area contributed by atoms with Crippen molar-refractivity contribution in [2.45, 2.75) is 32.2 Å². The summed E-state index contributed by atoms with van der Waals surface area (Å²) >= 11 is 7.17. The topological polar surface area (TPSA) is 12.0 Å². The number of halogens is 2. The van der Waals surface area contributed by atoms with Gasteiger partial charge in [-0.05, 0) is 75.7 Å². The average molecular weight is 319 g/mol. The quantitative estimate of drug-likeness (QED) is 0.847. The first-order chi connectivity index (χ1) is 6.66. The second-order valence-electron chi connectivity index (χ2n) is 3.88. The van der Waals surface area contributed by atoms with E-state index in [1.807, 2.05) is 0 Å².